The summed E-state index contributed by atoms with van der Waals surface area (Å²) >= 11 is 0. The Bertz CT molecular complexity index is 1200. The van der Waals surface area contributed by atoms with Crippen LogP contribution in [-0.2, 0) is 15.9 Å². The van der Waals surface area contributed by atoms with Crippen LogP contribution in [0.25, 0.3) is 0 Å². The minimum absolute atomic E-state index is 0.0237. The first kappa shape index (κ1) is 28.8. The van der Waals surface area contributed by atoms with Crippen molar-refractivity contribution < 1.29 is 64.5 Å². The van der Waals surface area contributed by atoms with E-state index in [9.17, 15) is 40.9 Å². The fraction of sp³-hybridized carbons (Fsp3) is 0.538. The van der Waals surface area contributed by atoms with Crippen LogP contribution in [0, 0.1) is 11.8 Å². The van der Waals surface area contributed by atoms with Gasteiger partial charge >= 0.3 is 0 Å². The summed E-state index contributed by atoms with van der Waals surface area (Å²) in [6, 6.07) is 2.74. The molecule has 1 aliphatic heterocycles. The van der Waals surface area contributed by atoms with Crippen LogP contribution in [0.5, 0.6) is 40.2 Å². The molecule has 0 spiro atoms. The van der Waals surface area contributed by atoms with E-state index in [0.29, 0.717) is 16.7 Å². The Morgan fingerprint density at radius 1 is 0.949 bits per heavy atom. The number of aliphatic hydroxyl groups is 4. The molecule has 0 amide bonds. The lowest BCUT2D eigenvalue weighted by molar-refractivity contribution is -0.172. The molecule has 6 unspecified atom stereocenters. The number of ether oxygens (including phenoxy) is 5. The third-order valence-electron chi connectivity index (χ3n) is 7.64. The molecule has 13 heteroatoms. The molecule has 13 nitrogen and oxygen atoms in total. The maximum atomic E-state index is 11.0. The van der Waals surface area contributed by atoms with Crippen LogP contribution in [0.15, 0.2) is 12.1 Å². The van der Waals surface area contributed by atoms with Crippen LogP contribution in [0.3, 0.4) is 0 Å². The SMILES string of the molecule is COc1cc(C2c3c(c(O)c(OC)c(O)c3OC)CC(CO)C2COC2OCC(O)(CO)C2O)cc(O)c1O. The quantitative estimate of drug-likeness (QED) is 0.191. The lowest BCUT2D eigenvalue weighted by Gasteiger charge is -2.41. The van der Waals surface area contributed by atoms with E-state index >= 15 is 0 Å². The van der Waals surface area contributed by atoms with Gasteiger partial charge in [-0.3, -0.25) is 0 Å². The van der Waals surface area contributed by atoms with Crippen molar-refractivity contribution >= 4 is 0 Å². The van der Waals surface area contributed by atoms with Crippen molar-refractivity contribution in [2.24, 2.45) is 11.8 Å². The van der Waals surface area contributed by atoms with Crippen molar-refractivity contribution in [3.63, 3.8) is 0 Å². The van der Waals surface area contributed by atoms with Gasteiger partial charge < -0.3 is 64.5 Å². The van der Waals surface area contributed by atoms with E-state index in [-0.39, 0.29) is 49.2 Å². The van der Waals surface area contributed by atoms with E-state index in [4.69, 9.17) is 23.7 Å². The summed E-state index contributed by atoms with van der Waals surface area (Å²) in [4.78, 5) is 0. The van der Waals surface area contributed by atoms with Gasteiger partial charge in [-0.1, -0.05) is 0 Å². The van der Waals surface area contributed by atoms with Gasteiger partial charge in [0.1, 0.15) is 11.7 Å². The van der Waals surface area contributed by atoms with Crippen LogP contribution in [0.2, 0.25) is 0 Å². The molecule has 6 atom stereocenters. The number of benzene rings is 2. The largest absolute Gasteiger partial charge is 0.504 e. The Balaban J connectivity index is 1.88. The zero-order valence-electron chi connectivity index (χ0n) is 21.7. The number of phenols is 4. The molecule has 2 aromatic rings. The van der Waals surface area contributed by atoms with E-state index in [1.54, 1.807) is 0 Å². The average molecular weight is 555 g/mol. The molecule has 0 saturated carbocycles. The Morgan fingerprint density at radius 3 is 2.21 bits per heavy atom. The highest BCUT2D eigenvalue weighted by molar-refractivity contribution is 5.69. The van der Waals surface area contributed by atoms with Crippen LogP contribution in [0.1, 0.15) is 22.6 Å². The first-order valence-electron chi connectivity index (χ1n) is 12.2. The topological polar surface area (TPSA) is 208 Å². The first-order chi connectivity index (χ1) is 18.6. The smallest absolute Gasteiger partial charge is 0.207 e. The normalized spacial score (nSPS) is 28.2. The molecular formula is C26H34O13. The number of aromatic hydroxyl groups is 4. The molecule has 4 rings (SSSR count). The third kappa shape index (κ3) is 4.75. The molecule has 0 aromatic heterocycles. The fourth-order valence-electron chi connectivity index (χ4n) is 5.52. The Morgan fingerprint density at radius 2 is 1.64 bits per heavy atom. The minimum Gasteiger partial charge on any atom is -0.504 e. The molecule has 1 saturated heterocycles. The fourth-order valence-corrected chi connectivity index (χ4v) is 5.52. The van der Waals surface area contributed by atoms with Crippen LogP contribution < -0.4 is 14.2 Å². The molecule has 0 radical (unpaired) electrons. The van der Waals surface area contributed by atoms with E-state index in [2.05, 4.69) is 0 Å². The molecule has 1 fully saturated rings. The number of fused-ring (bicyclic) bond motifs is 1. The highest BCUT2D eigenvalue weighted by atomic mass is 16.7. The summed E-state index contributed by atoms with van der Waals surface area (Å²) < 4.78 is 27.2. The predicted octanol–water partition coefficient (Wildman–Crippen LogP) is -0.0953. The van der Waals surface area contributed by atoms with Gasteiger partial charge in [0.05, 0.1) is 41.2 Å². The monoisotopic (exact) mass is 554 g/mol. The lowest BCUT2D eigenvalue weighted by Crippen LogP contribution is -2.48. The van der Waals surface area contributed by atoms with Crippen molar-refractivity contribution in [3.8, 4) is 40.2 Å². The average Bonchev–Trinajstić information content (AvgIpc) is 3.22. The molecule has 1 heterocycles. The minimum atomic E-state index is -1.91. The second-order valence-electron chi connectivity index (χ2n) is 9.75. The summed E-state index contributed by atoms with van der Waals surface area (Å²) in [6.45, 7) is -1.67. The number of hydrogen-bond donors (Lipinski definition) is 8. The number of methoxy groups -OCH3 is 3. The zero-order valence-corrected chi connectivity index (χ0v) is 21.7. The van der Waals surface area contributed by atoms with E-state index in [1.807, 2.05) is 0 Å². The molecule has 39 heavy (non-hydrogen) atoms. The van der Waals surface area contributed by atoms with Gasteiger partial charge in [0.2, 0.25) is 17.2 Å². The highest BCUT2D eigenvalue weighted by Crippen LogP contribution is 2.58. The van der Waals surface area contributed by atoms with Crippen molar-refractivity contribution in [2.45, 2.75) is 30.3 Å². The summed E-state index contributed by atoms with van der Waals surface area (Å²) in [5.41, 5.74) is -0.914. The van der Waals surface area contributed by atoms with Crippen molar-refractivity contribution in [1.29, 1.82) is 0 Å². The van der Waals surface area contributed by atoms with Gasteiger partial charge in [-0.05, 0) is 36.0 Å². The maximum Gasteiger partial charge on any atom is 0.207 e. The summed E-state index contributed by atoms with van der Waals surface area (Å²) in [7, 11) is 3.89. The Hall–Kier alpha value is -3.20. The number of hydrogen-bond acceptors (Lipinski definition) is 13. The summed E-state index contributed by atoms with van der Waals surface area (Å²) in [5, 5.41) is 83.3. The third-order valence-corrected chi connectivity index (χ3v) is 7.64. The van der Waals surface area contributed by atoms with Crippen molar-refractivity contribution in [1.82, 2.24) is 0 Å². The molecule has 1 aliphatic carbocycles. The second-order valence-corrected chi connectivity index (χ2v) is 9.75. The zero-order chi connectivity index (χ0) is 28.6. The van der Waals surface area contributed by atoms with Gasteiger partial charge in [-0.25, -0.2) is 0 Å². The summed E-state index contributed by atoms with van der Waals surface area (Å²) in [6.07, 6.45) is -2.76. The highest BCUT2D eigenvalue weighted by Gasteiger charge is 2.50. The molecular weight excluding hydrogens is 520 g/mol. The predicted molar refractivity (Wildman–Crippen MR) is 133 cm³/mol. The van der Waals surface area contributed by atoms with E-state index in [1.165, 1.54) is 33.5 Å². The van der Waals surface area contributed by atoms with Crippen LogP contribution in [0.4, 0.5) is 0 Å². The second kappa shape index (κ2) is 11.1. The Labute approximate surface area is 224 Å². The van der Waals surface area contributed by atoms with E-state index < -0.39 is 59.6 Å². The number of phenolic OH excluding ortho intramolecular Hbond substituents is 4. The maximum absolute atomic E-state index is 11.0. The van der Waals surface area contributed by atoms with E-state index in [0.717, 1.165) is 0 Å². The van der Waals surface area contributed by atoms with Crippen LogP contribution >= 0.6 is 0 Å². The van der Waals surface area contributed by atoms with Crippen molar-refractivity contribution in [2.75, 3.05) is 47.8 Å². The molecule has 0 bridgehead atoms. The van der Waals surface area contributed by atoms with Crippen molar-refractivity contribution in [3.05, 3.63) is 28.8 Å². The lowest BCUT2D eigenvalue weighted by atomic mass is 9.66. The molecule has 216 valence electrons. The first-order valence-corrected chi connectivity index (χ1v) is 12.2. The number of rotatable bonds is 9. The van der Waals surface area contributed by atoms with Gasteiger partial charge in [0.25, 0.3) is 0 Å². The van der Waals surface area contributed by atoms with Gasteiger partial charge in [-0.2, -0.15) is 0 Å². The standard InChI is InChI=1S/C26H34O13/c1-35-16-6-11(5-15(29)20(16)31)17-14(8-38-25-24(33)26(34,9-28)10-39-25)12(7-27)4-13-18(17)22(36-2)21(32)23(37-3)19(13)30/h5-6,12,14,17,24-25,27-34H,4,7-10H2,1-3H3. The van der Waals surface area contributed by atoms with Gasteiger partial charge in [0, 0.05) is 23.7 Å². The Kier molecular flexibility index (Phi) is 8.21. The molecule has 2 aliphatic rings. The molecule has 8 N–H and O–H groups in total. The van der Waals surface area contributed by atoms with Gasteiger partial charge in [0.15, 0.2) is 29.3 Å². The molecule has 2 aromatic carbocycles. The summed E-state index contributed by atoms with van der Waals surface area (Å²) in [5.74, 6) is -4.20. The van der Waals surface area contributed by atoms with Gasteiger partial charge in [-0.15, -0.1) is 0 Å². The number of aliphatic hydroxyl groups excluding tert-OH is 3. The van der Waals surface area contributed by atoms with Crippen LogP contribution in [-0.4, -0.2) is 107 Å².